The highest BCUT2D eigenvalue weighted by Crippen LogP contribution is 2.38. The standard InChI is InChI=1S/C18H15F3N6O2/c19-12-2-1-10(26-16(28)15-13(23)3-9(5-22)6-25-15)4-11(12)18(17(20)21)8-29-7-14(24)27-18/h1-4,6,17H,7-8,23H2,(H2,24,27)(H,26,28). The molecule has 0 aliphatic carbocycles. The van der Waals surface area contributed by atoms with E-state index in [4.69, 9.17) is 21.5 Å². The maximum atomic E-state index is 14.4. The maximum Gasteiger partial charge on any atom is 0.276 e. The molecule has 1 atom stereocenters. The Balaban J connectivity index is 1.96. The minimum atomic E-state index is -3.11. The number of aromatic nitrogens is 1. The quantitative estimate of drug-likeness (QED) is 0.710. The van der Waals surface area contributed by atoms with Crippen LogP contribution in [0.15, 0.2) is 35.5 Å². The van der Waals surface area contributed by atoms with Gasteiger partial charge >= 0.3 is 0 Å². The van der Waals surface area contributed by atoms with Crippen LogP contribution in [0.3, 0.4) is 0 Å². The number of nitrogens with two attached hydrogens (primary N) is 2. The average molecular weight is 404 g/mol. The second-order valence-corrected chi connectivity index (χ2v) is 6.24. The molecule has 5 N–H and O–H groups in total. The van der Waals surface area contributed by atoms with Crippen molar-refractivity contribution in [3.63, 3.8) is 0 Å². The highest BCUT2D eigenvalue weighted by molar-refractivity contribution is 6.06. The molecular formula is C18H15F3N6O2. The molecule has 0 saturated carbocycles. The van der Waals surface area contributed by atoms with Crippen molar-refractivity contribution >= 4 is 23.1 Å². The third kappa shape index (κ3) is 3.83. The van der Waals surface area contributed by atoms with Crippen LogP contribution in [-0.4, -0.2) is 36.4 Å². The molecule has 1 aliphatic heterocycles. The fraction of sp³-hybridized carbons (Fsp3) is 0.222. The summed E-state index contributed by atoms with van der Waals surface area (Å²) in [4.78, 5) is 20.0. The van der Waals surface area contributed by atoms with Crippen LogP contribution in [0.5, 0.6) is 0 Å². The maximum absolute atomic E-state index is 14.4. The number of pyridine rings is 1. The molecule has 1 aromatic heterocycles. The normalized spacial score (nSPS) is 18.8. The summed E-state index contributed by atoms with van der Waals surface area (Å²) >= 11 is 0. The summed E-state index contributed by atoms with van der Waals surface area (Å²) in [7, 11) is 0. The van der Waals surface area contributed by atoms with Gasteiger partial charge in [0.2, 0.25) is 0 Å². The number of nitrogen functional groups attached to an aromatic ring is 1. The van der Waals surface area contributed by atoms with Gasteiger partial charge < -0.3 is 21.5 Å². The molecule has 0 spiro atoms. The SMILES string of the molecule is N#Cc1cnc(C(=O)Nc2ccc(F)c(C3(C(F)F)COCC(N)=N3)c2)c(N)c1. The number of ether oxygens (including phenoxy) is 1. The summed E-state index contributed by atoms with van der Waals surface area (Å²) in [6.07, 6.45) is -1.96. The first-order valence-electron chi connectivity index (χ1n) is 8.24. The van der Waals surface area contributed by atoms with E-state index in [0.29, 0.717) is 0 Å². The topological polar surface area (TPSA) is 139 Å². The highest BCUT2D eigenvalue weighted by Gasteiger charge is 2.46. The van der Waals surface area contributed by atoms with E-state index in [0.717, 1.165) is 18.3 Å². The van der Waals surface area contributed by atoms with Crippen LogP contribution in [0.4, 0.5) is 24.5 Å². The van der Waals surface area contributed by atoms with Gasteiger partial charge in [-0.05, 0) is 24.3 Å². The lowest BCUT2D eigenvalue weighted by molar-refractivity contribution is -0.0145. The number of rotatable bonds is 4. The van der Waals surface area contributed by atoms with Gasteiger partial charge in [-0.3, -0.25) is 9.79 Å². The molecule has 0 saturated heterocycles. The number of nitrogens with one attached hydrogen (secondary N) is 1. The Morgan fingerprint density at radius 2 is 2.10 bits per heavy atom. The number of carbonyl (C=O) groups excluding carboxylic acids is 1. The first-order valence-corrected chi connectivity index (χ1v) is 8.24. The van der Waals surface area contributed by atoms with E-state index in [9.17, 15) is 18.0 Å². The van der Waals surface area contributed by atoms with E-state index in [1.165, 1.54) is 12.1 Å². The average Bonchev–Trinajstić information content (AvgIpc) is 2.68. The van der Waals surface area contributed by atoms with Crippen LogP contribution >= 0.6 is 0 Å². The predicted molar refractivity (Wildman–Crippen MR) is 97.8 cm³/mol. The summed E-state index contributed by atoms with van der Waals surface area (Å²) in [6, 6.07) is 6.24. The Morgan fingerprint density at radius 1 is 1.34 bits per heavy atom. The van der Waals surface area contributed by atoms with Crippen LogP contribution in [0.2, 0.25) is 0 Å². The van der Waals surface area contributed by atoms with E-state index in [1.54, 1.807) is 0 Å². The lowest BCUT2D eigenvalue weighted by Gasteiger charge is -2.33. The van der Waals surface area contributed by atoms with Crippen LogP contribution in [0, 0.1) is 17.1 Å². The first-order chi connectivity index (χ1) is 13.8. The van der Waals surface area contributed by atoms with Crippen LogP contribution in [0.25, 0.3) is 0 Å². The number of anilines is 2. The fourth-order valence-corrected chi connectivity index (χ4v) is 2.86. The monoisotopic (exact) mass is 404 g/mol. The lowest BCUT2D eigenvalue weighted by Crippen LogP contribution is -2.45. The summed E-state index contributed by atoms with van der Waals surface area (Å²) in [5.41, 5.74) is 8.37. The van der Waals surface area contributed by atoms with Gasteiger partial charge in [-0.25, -0.2) is 18.2 Å². The minimum Gasteiger partial charge on any atom is -0.397 e. The van der Waals surface area contributed by atoms with E-state index in [2.05, 4.69) is 15.3 Å². The molecular weight excluding hydrogens is 389 g/mol. The number of amides is 1. The zero-order chi connectivity index (χ0) is 21.2. The zero-order valence-electron chi connectivity index (χ0n) is 14.8. The van der Waals surface area contributed by atoms with Crippen molar-refractivity contribution in [3.8, 4) is 6.07 Å². The van der Waals surface area contributed by atoms with Crippen molar-refractivity contribution in [2.45, 2.75) is 12.0 Å². The molecule has 1 unspecified atom stereocenters. The number of halogens is 3. The lowest BCUT2D eigenvalue weighted by atomic mass is 9.90. The summed E-state index contributed by atoms with van der Waals surface area (Å²) in [5.74, 6) is -1.92. The Labute approximate surface area is 163 Å². The van der Waals surface area contributed by atoms with Crippen molar-refractivity contribution < 1.29 is 22.7 Å². The number of carbonyl (C=O) groups is 1. The summed E-state index contributed by atoms with van der Waals surface area (Å²) < 4.78 is 47.2. The van der Waals surface area contributed by atoms with Gasteiger partial charge in [-0.2, -0.15) is 5.26 Å². The van der Waals surface area contributed by atoms with E-state index in [-0.39, 0.29) is 35.1 Å². The van der Waals surface area contributed by atoms with Gasteiger partial charge in [0.05, 0.1) is 17.9 Å². The van der Waals surface area contributed by atoms with Gasteiger partial charge in [0.15, 0.2) is 11.2 Å². The molecule has 2 aromatic rings. The molecule has 29 heavy (non-hydrogen) atoms. The smallest absolute Gasteiger partial charge is 0.276 e. The van der Waals surface area contributed by atoms with Crippen LogP contribution in [-0.2, 0) is 10.3 Å². The second kappa shape index (κ2) is 7.76. The van der Waals surface area contributed by atoms with Crippen molar-refractivity contribution in [1.29, 1.82) is 5.26 Å². The molecule has 0 fully saturated rings. The van der Waals surface area contributed by atoms with Gasteiger partial charge in [-0.15, -0.1) is 0 Å². The summed E-state index contributed by atoms with van der Waals surface area (Å²) in [5, 5.41) is 11.2. The molecule has 1 aromatic carbocycles. The van der Waals surface area contributed by atoms with Crippen LogP contribution < -0.4 is 16.8 Å². The number of hydrogen-bond acceptors (Lipinski definition) is 7. The molecule has 2 heterocycles. The zero-order valence-corrected chi connectivity index (χ0v) is 14.8. The Kier molecular flexibility index (Phi) is 5.38. The van der Waals surface area contributed by atoms with Crippen molar-refractivity contribution in [1.82, 2.24) is 4.98 Å². The highest BCUT2D eigenvalue weighted by atomic mass is 19.3. The molecule has 11 heteroatoms. The van der Waals surface area contributed by atoms with Crippen LogP contribution in [0.1, 0.15) is 21.6 Å². The second-order valence-electron chi connectivity index (χ2n) is 6.24. The number of benzene rings is 1. The summed E-state index contributed by atoms with van der Waals surface area (Å²) in [6.45, 7) is -0.722. The van der Waals surface area contributed by atoms with Gasteiger partial charge in [-0.1, -0.05) is 0 Å². The van der Waals surface area contributed by atoms with E-state index < -0.39 is 35.9 Å². The fourth-order valence-electron chi connectivity index (χ4n) is 2.86. The van der Waals surface area contributed by atoms with E-state index >= 15 is 0 Å². The molecule has 8 nitrogen and oxygen atoms in total. The van der Waals surface area contributed by atoms with Gasteiger partial charge in [0.1, 0.15) is 24.3 Å². The van der Waals surface area contributed by atoms with Gasteiger partial charge in [0.25, 0.3) is 12.3 Å². The minimum absolute atomic E-state index is 0.0105. The van der Waals surface area contributed by atoms with Crippen molar-refractivity contribution in [2.75, 3.05) is 24.3 Å². The van der Waals surface area contributed by atoms with Crippen molar-refractivity contribution in [3.05, 3.63) is 53.1 Å². The Hall–Kier alpha value is -3.65. The number of aliphatic imine (C=N–C) groups is 1. The number of nitriles is 1. The van der Waals surface area contributed by atoms with Gasteiger partial charge in [0, 0.05) is 17.4 Å². The largest absolute Gasteiger partial charge is 0.397 e. The Morgan fingerprint density at radius 3 is 2.72 bits per heavy atom. The predicted octanol–water partition coefficient (Wildman–Crippen LogP) is 1.77. The molecule has 150 valence electrons. The van der Waals surface area contributed by atoms with E-state index in [1.807, 2.05) is 6.07 Å². The number of hydrogen-bond donors (Lipinski definition) is 3. The number of amidine groups is 1. The number of nitrogens with zero attached hydrogens (tertiary/aromatic N) is 3. The third-order valence-corrected chi connectivity index (χ3v) is 4.23. The molecule has 0 bridgehead atoms. The molecule has 0 radical (unpaired) electrons. The molecule has 1 amide bonds. The Bertz CT molecular complexity index is 1040. The first kappa shape index (κ1) is 20.1. The van der Waals surface area contributed by atoms with Crippen molar-refractivity contribution in [2.24, 2.45) is 10.7 Å². The molecule has 3 rings (SSSR count). The number of alkyl halides is 2. The third-order valence-electron chi connectivity index (χ3n) is 4.23. The molecule has 1 aliphatic rings.